The predicted molar refractivity (Wildman–Crippen MR) is 59.8 cm³/mol. The van der Waals surface area contributed by atoms with Crippen LogP contribution >= 0.6 is 15.9 Å². The van der Waals surface area contributed by atoms with Gasteiger partial charge >= 0.3 is 0 Å². The summed E-state index contributed by atoms with van der Waals surface area (Å²) in [7, 11) is 0. The Hall–Kier alpha value is -0.700. The lowest BCUT2D eigenvalue weighted by Gasteiger charge is -2.30. The molecule has 3 rings (SSSR count). The summed E-state index contributed by atoms with van der Waals surface area (Å²) in [6.45, 7) is 0. The fraction of sp³-hybridized carbons (Fsp3) is 0.455. The number of benzene rings is 1. The smallest absolute Gasteiger partial charge is 0.143 e. The summed E-state index contributed by atoms with van der Waals surface area (Å²) in [5, 5.41) is 3.54. The van der Waals surface area contributed by atoms with E-state index in [1.807, 2.05) is 12.1 Å². The quantitative estimate of drug-likeness (QED) is 0.767. The van der Waals surface area contributed by atoms with E-state index in [9.17, 15) is 0 Å². The second-order valence-electron chi connectivity index (χ2n) is 3.98. The molecule has 1 fully saturated rings. The Kier molecular flexibility index (Phi) is 1.94. The summed E-state index contributed by atoms with van der Waals surface area (Å²) in [5.74, 6) is 0.997. The van der Waals surface area contributed by atoms with Gasteiger partial charge in [0.2, 0.25) is 0 Å². The van der Waals surface area contributed by atoms with Crippen molar-refractivity contribution in [1.29, 1.82) is 0 Å². The zero-order valence-electron chi connectivity index (χ0n) is 7.79. The molecule has 0 aromatic heterocycles. The van der Waals surface area contributed by atoms with E-state index in [2.05, 4.69) is 27.3 Å². The lowest BCUT2D eigenvalue weighted by atomic mass is 10.1. The third-order valence-corrected chi connectivity index (χ3v) is 3.51. The first-order valence-electron chi connectivity index (χ1n) is 5.06. The number of nitrogens with one attached hydrogen (secondary N) is 1. The third-order valence-electron chi connectivity index (χ3n) is 3.01. The summed E-state index contributed by atoms with van der Waals surface area (Å²) in [6, 6.07) is 6.66. The van der Waals surface area contributed by atoms with E-state index in [0.717, 1.165) is 15.9 Å². The van der Waals surface area contributed by atoms with Crippen molar-refractivity contribution in [1.82, 2.24) is 0 Å². The Labute approximate surface area is 91.8 Å². The van der Waals surface area contributed by atoms with E-state index in [-0.39, 0.29) is 0 Å². The number of hydrogen-bond acceptors (Lipinski definition) is 2. The van der Waals surface area contributed by atoms with Gasteiger partial charge in [0.1, 0.15) is 11.9 Å². The first-order valence-corrected chi connectivity index (χ1v) is 5.85. The lowest BCUT2D eigenvalue weighted by Crippen LogP contribution is -2.36. The normalized spacial score (nSPS) is 28.6. The zero-order chi connectivity index (χ0) is 9.54. The molecule has 0 bridgehead atoms. The van der Waals surface area contributed by atoms with Gasteiger partial charge in [0.25, 0.3) is 0 Å². The van der Waals surface area contributed by atoms with Gasteiger partial charge in [-0.05, 0) is 37.5 Å². The van der Waals surface area contributed by atoms with Crippen LogP contribution in [0, 0.1) is 0 Å². The molecule has 74 valence electrons. The molecule has 3 heteroatoms. The summed E-state index contributed by atoms with van der Waals surface area (Å²) < 4.78 is 7.03. The summed E-state index contributed by atoms with van der Waals surface area (Å²) in [6.07, 6.45) is 4.09. The molecular formula is C11H12BrNO. The van der Waals surface area contributed by atoms with Crippen molar-refractivity contribution in [3.63, 3.8) is 0 Å². The van der Waals surface area contributed by atoms with E-state index in [0.29, 0.717) is 12.1 Å². The summed E-state index contributed by atoms with van der Waals surface area (Å²) in [4.78, 5) is 0. The van der Waals surface area contributed by atoms with E-state index in [1.54, 1.807) is 0 Å². The molecule has 2 unspecified atom stereocenters. The molecule has 2 nitrogen and oxygen atoms in total. The Morgan fingerprint density at radius 2 is 2.29 bits per heavy atom. The Morgan fingerprint density at radius 1 is 1.36 bits per heavy atom. The van der Waals surface area contributed by atoms with Crippen LogP contribution < -0.4 is 10.1 Å². The summed E-state index contributed by atoms with van der Waals surface area (Å²) >= 11 is 3.47. The van der Waals surface area contributed by atoms with Crippen LogP contribution in [0.5, 0.6) is 5.75 Å². The first kappa shape index (κ1) is 8.60. The van der Waals surface area contributed by atoms with E-state index in [1.165, 1.54) is 19.3 Å². The highest BCUT2D eigenvalue weighted by Crippen LogP contribution is 2.38. The molecule has 0 amide bonds. The largest absolute Gasteiger partial charge is 0.486 e. The zero-order valence-corrected chi connectivity index (χ0v) is 9.38. The fourth-order valence-corrected chi connectivity index (χ4v) is 2.67. The van der Waals surface area contributed by atoms with Crippen LogP contribution in [0.3, 0.4) is 0 Å². The molecule has 0 saturated heterocycles. The molecule has 1 saturated carbocycles. The molecule has 1 heterocycles. The number of ether oxygens (including phenoxy) is 1. The number of rotatable bonds is 0. The van der Waals surface area contributed by atoms with Gasteiger partial charge < -0.3 is 10.1 Å². The Bertz CT molecular complexity index is 366. The maximum absolute atomic E-state index is 5.93. The SMILES string of the molecule is Brc1ccc2c(c1)NC1CCCC1O2. The molecule has 2 atom stereocenters. The van der Waals surface area contributed by atoms with Crippen LogP contribution in [0.25, 0.3) is 0 Å². The minimum absolute atomic E-state index is 0.392. The molecule has 1 aromatic carbocycles. The topological polar surface area (TPSA) is 21.3 Å². The number of fused-ring (bicyclic) bond motifs is 2. The summed E-state index contributed by atoms with van der Waals surface area (Å²) in [5.41, 5.74) is 1.13. The van der Waals surface area contributed by atoms with Crippen LogP contribution in [-0.4, -0.2) is 12.1 Å². The first-order chi connectivity index (χ1) is 6.83. The van der Waals surface area contributed by atoms with E-state index < -0.39 is 0 Å². The highest BCUT2D eigenvalue weighted by Gasteiger charge is 2.33. The van der Waals surface area contributed by atoms with Crippen LogP contribution in [-0.2, 0) is 0 Å². The predicted octanol–water partition coefficient (Wildman–Crippen LogP) is 3.17. The molecule has 1 N–H and O–H groups in total. The molecule has 0 radical (unpaired) electrons. The lowest BCUT2D eigenvalue weighted by molar-refractivity contribution is 0.188. The van der Waals surface area contributed by atoms with Crippen LogP contribution in [0.15, 0.2) is 22.7 Å². The molecule has 1 aliphatic heterocycles. The third kappa shape index (κ3) is 1.31. The second kappa shape index (κ2) is 3.16. The minimum atomic E-state index is 0.392. The van der Waals surface area contributed by atoms with Gasteiger partial charge in [-0.25, -0.2) is 0 Å². The fourth-order valence-electron chi connectivity index (χ4n) is 2.31. The van der Waals surface area contributed by atoms with Crippen molar-refractivity contribution >= 4 is 21.6 Å². The highest BCUT2D eigenvalue weighted by atomic mass is 79.9. The molecule has 1 aliphatic carbocycles. The van der Waals surface area contributed by atoms with Crippen LogP contribution in [0.2, 0.25) is 0 Å². The minimum Gasteiger partial charge on any atom is -0.486 e. The van der Waals surface area contributed by atoms with Crippen molar-refractivity contribution in [2.24, 2.45) is 0 Å². The molecule has 2 aliphatic rings. The van der Waals surface area contributed by atoms with Gasteiger partial charge in [0.05, 0.1) is 11.7 Å². The molecule has 1 aromatic rings. The second-order valence-corrected chi connectivity index (χ2v) is 4.89. The van der Waals surface area contributed by atoms with E-state index >= 15 is 0 Å². The van der Waals surface area contributed by atoms with Gasteiger partial charge in [0, 0.05) is 4.47 Å². The maximum Gasteiger partial charge on any atom is 0.143 e. The van der Waals surface area contributed by atoms with Crippen molar-refractivity contribution in [2.75, 3.05) is 5.32 Å². The standard InChI is InChI=1S/C11H12BrNO/c12-7-4-5-11-9(6-7)13-8-2-1-3-10(8)14-11/h4-6,8,10,13H,1-3H2. The van der Waals surface area contributed by atoms with E-state index in [4.69, 9.17) is 4.74 Å². The Morgan fingerprint density at radius 3 is 3.21 bits per heavy atom. The van der Waals surface area contributed by atoms with Crippen LogP contribution in [0.4, 0.5) is 5.69 Å². The van der Waals surface area contributed by atoms with Gasteiger partial charge in [-0.2, -0.15) is 0 Å². The van der Waals surface area contributed by atoms with Gasteiger partial charge in [-0.15, -0.1) is 0 Å². The highest BCUT2D eigenvalue weighted by molar-refractivity contribution is 9.10. The van der Waals surface area contributed by atoms with Gasteiger partial charge in [-0.3, -0.25) is 0 Å². The van der Waals surface area contributed by atoms with Crippen molar-refractivity contribution < 1.29 is 4.74 Å². The average molecular weight is 254 g/mol. The average Bonchev–Trinajstić information content (AvgIpc) is 2.61. The maximum atomic E-state index is 5.93. The van der Waals surface area contributed by atoms with Crippen molar-refractivity contribution in [3.8, 4) is 5.75 Å². The molecular weight excluding hydrogens is 242 g/mol. The molecule has 14 heavy (non-hydrogen) atoms. The van der Waals surface area contributed by atoms with Gasteiger partial charge in [-0.1, -0.05) is 15.9 Å². The number of hydrogen-bond donors (Lipinski definition) is 1. The number of anilines is 1. The van der Waals surface area contributed by atoms with Crippen molar-refractivity contribution in [3.05, 3.63) is 22.7 Å². The van der Waals surface area contributed by atoms with Crippen LogP contribution in [0.1, 0.15) is 19.3 Å². The van der Waals surface area contributed by atoms with Gasteiger partial charge in [0.15, 0.2) is 0 Å². The monoisotopic (exact) mass is 253 g/mol. The Balaban J connectivity index is 1.97. The number of halogens is 1. The van der Waals surface area contributed by atoms with Crippen molar-refractivity contribution in [2.45, 2.75) is 31.4 Å². The molecule has 0 spiro atoms.